The zero-order chi connectivity index (χ0) is 18.6. The van der Waals surface area contributed by atoms with Gasteiger partial charge in [0.25, 0.3) is 0 Å². The van der Waals surface area contributed by atoms with E-state index in [1.165, 1.54) is 6.07 Å². The van der Waals surface area contributed by atoms with E-state index in [2.05, 4.69) is 5.32 Å². The van der Waals surface area contributed by atoms with Gasteiger partial charge in [-0.25, -0.2) is 8.78 Å². The van der Waals surface area contributed by atoms with Crippen LogP contribution in [-0.4, -0.2) is 24.4 Å². The van der Waals surface area contributed by atoms with Gasteiger partial charge in [-0.15, -0.1) is 0 Å². The van der Waals surface area contributed by atoms with E-state index in [1.807, 2.05) is 6.07 Å². The smallest absolute Gasteiger partial charge is 0.234 e. The molecule has 1 N–H and O–H groups in total. The third-order valence-electron chi connectivity index (χ3n) is 3.66. The van der Waals surface area contributed by atoms with E-state index in [0.29, 0.717) is 16.6 Å². The number of carbonyl (C=O) groups excluding carboxylic acids is 1. The van der Waals surface area contributed by atoms with Gasteiger partial charge < -0.3 is 5.32 Å². The molecule has 3 nitrogen and oxygen atoms in total. The summed E-state index contributed by atoms with van der Waals surface area (Å²) in [6.45, 7) is 2.27. The largest absolute Gasteiger partial charge is 0.348 e. The SMILES string of the molecule is C[C@@H](NC(=O)CN(C)Cc1ccc(Cl)c(Cl)c1)c1ccc(F)cc1F. The van der Waals surface area contributed by atoms with Crippen LogP contribution in [-0.2, 0) is 11.3 Å². The van der Waals surface area contributed by atoms with Gasteiger partial charge in [-0.1, -0.05) is 35.3 Å². The van der Waals surface area contributed by atoms with Gasteiger partial charge in [0.2, 0.25) is 5.91 Å². The second-order valence-corrected chi connectivity index (χ2v) is 6.69. The Morgan fingerprint density at radius 3 is 2.52 bits per heavy atom. The molecule has 0 bridgehead atoms. The first-order valence-corrected chi connectivity index (χ1v) is 8.38. The average molecular weight is 387 g/mol. The Kier molecular flexibility index (Phi) is 6.76. The summed E-state index contributed by atoms with van der Waals surface area (Å²) in [4.78, 5) is 13.9. The topological polar surface area (TPSA) is 32.3 Å². The van der Waals surface area contributed by atoms with Crippen LogP contribution in [0.2, 0.25) is 10.0 Å². The molecule has 1 amide bonds. The number of hydrogen-bond donors (Lipinski definition) is 1. The van der Waals surface area contributed by atoms with Crippen LogP contribution in [0.1, 0.15) is 24.1 Å². The molecule has 0 saturated carbocycles. The maximum absolute atomic E-state index is 13.7. The van der Waals surface area contributed by atoms with E-state index in [0.717, 1.165) is 17.7 Å². The molecule has 0 spiro atoms. The van der Waals surface area contributed by atoms with Crippen LogP contribution in [0.4, 0.5) is 8.78 Å². The lowest BCUT2D eigenvalue weighted by molar-refractivity contribution is -0.122. The van der Waals surface area contributed by atoms with Crippen LogP contribution < -0.4 is 5.32 Å². The molecule has 0 unspecified atom stereocenters. The summed E-state index contributed by atoms with van der Waals surface area (Å²) in [5, 5.41) is 3.63. The first-order chi connectivity index (χ1) is 11.8. The lowest BCUT2D eigenvalue weighted by Crippen LogP contribution is -2.36. The van der Waals surface area contributed by atoms with Crippen molar-refractivity contribution < 1.29 is 13.6 Å². The highest BCUT2D eigenvalue weighted by Crippen LogP contribution is 2.23. The number of benzene rings is 2. The summed E-state index contributed by atoms with van der Waals surface area (Å²) in [7, 11) is 1.78. The fourth-order valence-electron chi connectivity index (χ4n) is 2.47. The number of nitrogens with zero attached hydrogens (tertiary/aromatic N) is 1. The first-order valence-electron chi connectivity index (χ1n) is 7.63. The molecule has 1 atom stereocenters. The van der Waals surface area contributed by atoms with E-state index >= 15 is 0 Å². The number of rotatable bonds is 6. The van der Waals surface area contributed by atoms with Gasteiger partial charge in [-0.3, -0.25) is 9.69 Å². The normalized spacial score (nSPS) is 12.3. The minimum atomic E-state index is -0.683. The number of carbonyl (C=O) groups is 1. The van der Waals surface area contributed by atoms with Crippen molar-refractivity contribution in [3.8, 4) is 0 Å². The van der Waals surface area contributed by atoms with Crippen LogP contribution in [0, 0.1) is 11.6 Å². The molecule has 0 fully saturated rings. The molecular formula is C18H18Cl2F2N2O. The molecule has 2 aromatic carbocycles. The summed E-state index contributed by atoms with van der Waals surface area (Å²) in [5.41, 5.74) is 1.16. The fourth-order valence-corrected chi connectivity index (χ4v) is 2.79. The van der Waals surface area contributed by atoms with Gasteiger partial charge in [0.15, 0.2) is 0 Å². The Bertz CT molecular complexity index is 771. The molecule has 0 heterocycles. The molecular weight excluding hydrogens is 369 g/mol. The molecule has 0 aliphatic heterocycles. The van der Waals surface area contributed by atoms with Crippen molar-refractivity contribution in [1.82, 2.24) is 10.2 Å². The monoisotopic (exact) mass is 386 g/mol. The molecule has 0 saturated heterocycles. The maximum Gasteiger partial charge on any atom is 0.234 e. The molecule has 2 aromatic rings. The summed E-state index contributed by atoms with van der Waals surface area (Å²) < 4.78 is 26.7. The highest BCUT2D eigenvalue weighted by Gasteiger charge is 2.15. The Morgan fingerprint density at radius 1 is 1.16 bits per heavy atom. The summed E-state index contributed by atoms with van der Waals surface area (Å²) in [6.07, 6.45) is 0. The van der Waals surface area contributed by atoms with Crippen molar-refractivity contribution in [2.45, 2.75) is 19.5 Å². The van der Waals surface area contributed by atoms with Crippen LogP contribution in [0.5, 0.6) is 0 Å². The molecule has 0 aromatic heterocycles. The lowest BCUT2D eigenvalue weighted by Gasteiger charge is -2.20. The second kappa shape index (κ2) is 8.61. The van der Waals surface area contributed by atoms with E-state index in [4.69, 9.17) is 23.2 Å². The number of likely N-dealkylation sites (N-methyl/N-ethyl adjacent to an activating group) is 1. The van der Waals surface area contributed by atoms with Crippen LogP contribution in [0.3, 0.4) is 0 Å². The third kappa shape index (κ3) is 5.66. The highest BCUT2D eigenvalue weighted by molar-refractivity contribution is 6.42. The second-order valence-electron chi connectivity index (χ2n) is 5.88. The van der Waals surface area contributed by atoms with E-state index in [1.54, 1.807) is 31.0 Å². The number of hydrogen-bond acceptors (Lipinski definition) is 2. The minimum absolute atomic E-state index is 0.118. The molecule has 25 heavy (non-hydrogen) atoms. The Labute approximate surface area is 155 Å². The van der Waals surface area contributed by atoms with Crippen molar-refractivity contribution in [3.63, 3.8) is 0 Å². The van der Waals surface area contributed by atoms with Crippen molar-refractivity contribution in [1.29, 1.82) is 0 Å². The summed E-state index contributed by atoms with van der Waals surface area (Å²) >= 11 is 11.8. The van der Waals surface area contributed by atoms with Crippen molar-refractivity contribution in [2.75, 3.05) is 13.6 Å². The van der Waals surface area contributed by atoms with Crippen molar-refractivity contribution in [2.24, 2.45) is 0 Å². The molecule has 7 heteroatoms. The van der Waals surface area contributed by atoms with Gasteiger partial charge in [0, 0.05) is 18.2 Å². The molecule has 2 rings (SSSR count). The number of amides is 1. The molecule has 134 valence electrons. The van der Waals surface area contributed by atoms with E-state index < -0.39 is 17.7 Å². The molecule has 0 radical (unpaired) electrons. The Balaban J connectivity index is 1.91. The predicted octanol–water partition coefficient (Wildman–Crippen LogP) is 4.58. The zero-order valence-electron chi connectivity index (χ0n) is 13.8. The Hall–Kier alpha value is -1.69. The van der Waals surface area contributed by atoms with Crippen LogP contribution in [0.25, 0.3) is 0 Å². The number of halogens is 4. The highest BCUT2D eigenvalue weighted by atomic mass is 35.5. The van der Waals surface area contributed by atoms with E-state index in [-0.39, 0.29) is 18.0 Å². The lowest BCUT2D eigenvalue weighted by atomic mass is 10.1. The predicted molar refractivity (Wildman–Crippen MR) is 95.7 cm³/mol. The van der Waals surface area contributed by atoms with Gasteiger partial charge in [-0.2, -0.15) is 0 Å². The quantitative estimate of drug-likeness (QED) is 0.787. The van der Waals surface area contributed by atoms with Crippen molar-refractivity contribution >= 4 is 29.1 Å². The standard InChI is InChI=1S/C18H18Cl2F2N2O/c1-11(14-5-4-13(21)8-17(14)22)23-18(25)10-24(2)9-12-3-6-15(19)16(20)7-12/h3-8,11H,9-10H2,1-2H3,(H,23,25)/t11-/m1/s1. The fraction of sp³-hybridized carbons (Fsp3) is 0.278. The Morgan fingerprint density at radius 2 is 1.88 bits per heavy atom. The maximum atomic E-state index is 13.7. The summed E-state index contributed by atoms with van der Waals surface area (Å²) in [5.74, 6) is -1.60. The minimum Gasteiger partial charge on any atom is -0.348 e. The van der Waals surface area contributed by atoms with Gasteiger partial charge in [0.05, 0.1) is 22.6 Å². The summed E-state index contributed by atoms with van der Waals surface area (Å²) in [6, 6.07) is 8.01. The van der Waals surface area contributed by atoms with Crippen LogP contribution >= 0.6 is 23.2 Å². The van der Waals surface area contributed by atoms with E-state index in [9.17, 15) is 13.6 Å². The van der Waals surface area contributed by atoms with Crippen molar-refractivity contribution in [3.05, 3.63) is 69.2 Å². The number of nitrogens with one attached hydrogen (secondary N) is 1. The third-order valence-corrected chi connectivity index (χ3v) is 4.40. The molecule has 0 aliphatic rings. The zero-order valence-corrected chi connectivity index (χ0v) is 15.3. The van der Waals surface area contributed by atoms with Gasteiger partial charge in [-0.05, 0) is 37.7 Å². The van der Waals surface area contributed by atoms with Gasteiger partial charge >= 0.3 is 0 Å². The average Bonchev–Trinajstić information content (AvgIpc) is 2.50. The molecule has 0 aliphatic carbocycles. The van der Waals surface area contributed by atoms with Gasteiger partial charge in [0.1, 0.15) is 11.6 Å². The van der Waals surface area contributed by atoms with Crippen LogP contribution in [0.15, 0.2) is 36.4 Å². The first kappa shape index (κ1) is 19.6.